The van der Waals surface area contributed by atoms with Crippen molar-refractivity contribution in [3.05, 3.63) is 35.5 Å². The molecule has 2 aromatic rings. The third kappa shape index (κ3) is 3.80. The largest absolute Gasteiger partial charge is 0.436 e. The molecule has 3 heterocycles. The van der Waals surface area contributed by atoms with E-state index in [1.165, 1.54) is 11.8 Å². The van der Waals surface area contributed by atoms with Gasteiger partial charge in [0.15, 0.2) is 5.71 Å². The van der Waals surface area contributed by atoms with Gasteiger partial charge < -0.3 is 14.9 Å². The number of anilines is 1. The van der Waals surface area contributed by atoms with Gasteiger partial charge >= 0.3 is 6.18 Å². The van der Waals surface area contributed by atoms with E-state index in [9.17, 15) is 18.0 Å². The zero-order chi connectivity index (χ0) is 21.5. The summed E-state index contributed by atoms with van der Waals surface area (Å²) in [6.45, 7) is 4.57. The molecule has 2 aliphatic rings. The lowest BCUT2D eigenvalue weighted by Crippen LogP contribution is -3.15. The Hall–Kier alpha value is -2.50. The number of aliphatic hydroxyl groups excluding tert-OH is 1. The molecule has 1 saturated heterocycles. The molecule has 4 rings (SSSR count). The number of thiazole rings is 1. The van der Waals surface area contributed by atoms with Crippen LogP contribution in [-0.2, 0) is 4.79 Å². The number of hydrazone groups is 1. The molecule has 0 unspecified atom stereocenters. The molecule has 0 spiro atoms. The maximum absolute atomic E-state index is 13.8. The summed E-state index contributed by atoms with van der Waals surface area (Å²) in [4.78, 5) is 20.3. The lowest BCUT2D eigenvalue weighted by Gasteiger charge is -2.34. The van der Waals surface area contributed by atoms with Gasteiger partial charge in [0.05, 0.1) is 48.6 Å². The summed E-state index contributed by atoms with van der Waals surface area (Å²) in [6.07, 6.45) is -4.76. The fourth-order valence-electron chi connectivity index (χ4n) is 3.73. The number of nitrogens with zero attached hydrogens (tertiary/aromatic N) is 4. The Morgan fingerprint density at radius 1 is 1.27 bits per heavy atom. The predicted molar refractivity (Wildman–Crippen MR) is 108 cm³/mol. The van der Waals surface area contributed by atoms with Gasteiger partial charge in [0.1, 0.15) is 6.54 Å². The van der Waals surface area contributed by atoms with Crippen molar-refractivity contribution in [3.8, 4) is 0 Å². The van der Waals surface area contributed by atoms with Gasteiger partial charge in [-0.2, -0.15) is 23.3 Å². The summed E-state index contributed by atoms with van der Waals surface area (Å²) in [5, 5.41) is 13.6. The van der Waals surface area contributed by atoms with Gasteiger partial charge in [0.25, 0.3) is 5.91 Å². The van der Waals surface area contributed by atoms with E-state index < -0.39 is 23.4 Å². The second kappa shape index (κ2) is 7.97. The summed E-state index contributed by atoms with van der Waals surface area (Å²) in [6, 6.07) is 7.10. The fraction of sp³-hybridized carbons (Fsp3) is 0.421. The van der Waals surface area contributed by atoms with Gasteiger partial charge in [-0.3, -0.25) is 4.79 Å². The molecule has 160 valence electrons. The maximum atomic E-state index is 13.8. The van der Waals surface area contributed by atoms with E-state index >= 15 is 0 Å². The summed E-state index contributed by atoms with van der Waals surface area (Å²) in [5.41, 5.74) is -0.740. The molecule has 0 aliphatic carbocycles. The fourth-order valence-corrected chi connectivity index (χ4v) is 4.65. The first kappa shape index (κ1) is 20.8. The van der Waals surface area contributed by atoms with Crippen molar-refractivity contribution in [1.82, 2.24) is 9.88 Å². The normalized spacial score (nSPS) is 20.3. The van der Waals surface area contributed by atoms with Crippen molar-refractivity contribution < 1.29 is 28.0 Å². The van der Waals surface area contributed by atoms with Crippen LogP contribution in [0.25, 0.3) is 10.2 Å². The SMILES string of the molecule is C/C(=C1/C(=O)N(c2nc3ccccc3s2)N=C1C(F)(F)F)N1CC[NH+](CCO)CC1. The predicted octanol–water partition coefficient (Wildman–Crippen LogP) is 1.03. The van der Waals surface area contributed by atoms with Crippen LogP contribution in [-0.4, -0.2) is 72.1 Å². The Bertz CT molecular complexity index is 992. The molecule has 1 aromatic heterocycles. The topological polar surface area (TPSA) is 73.5 Å². The first-order chi connectivity index (χ1) is 14.3. The van der Waals surface area contributed by atoms with E-state index in [0.717, 1.165) is 21.0 Å². The van der Waals surface area contributed by atoms with Crippen LogP contribution in [0.3, 0.4) is 0 Å². The van der Waals surface area contributed by atoms with Crippen LogP contribution in [0.5, 0.6) is 0 Å². The molecule has 0 radical (unpaired) electrons. The molecule has 1 amide bonds. The molecule has 2 N–H and O–H groups in total. The molecule has 11 heteroatoms. The Morgan fingerprint density at radius 2 is 1.97 bits per heavy atom. The average molecular weight is 440 g/mol. The molecular formula is C19H21F3N5O2S+. The molecule has 0 atom stereocenters. The van der Waals surface area contributed by atoms with Crippen LogP contribution in [0.2, 0.25) is 0 Å². The zero-order valence-corrected chi connectivity index (χ0v) is 17.1. The highest BCUT2D eigenvalue weighted by atomic mass is 32.1. The third-order valence-electron chi connectivity index (χ3n) is 5.35. The number of amides is 1. The first-order valence-corrected chi connectivity index (χ1v) is 10.4. The van der Waals surface area contributed by atoms with Gasteiger partial charge in [0, 0.05) is 5.70 Å². The van der Waals surface area contributed by atoms with Crippen LogP contribution in [0.4, 0.5) is 18.3 Å². The van der Waals surface area contributed by atoms with Crippen molar-refractivity contribution in [3.63, 3.8) is 0 Å². The van der Waals surface area contributed by atoms with Gasteiger partial charge in [-0.1, -0.05) is 23.5 Å². The number of para-hydroxylation sites is 1. The van der Waals surface area contributed by atoms with Crippen LogP contribution in [0, 0.1) is 0 Å². The molecule has 1 aromatic carbocycles. The molecule has 0 saturated carbocycles. The number of alkyl halides is 3. The smallest absolute Gasteiger partial charge is 0.391 e. The number of carbonyl (C=O) groups is 1. The van der Waals surface area contributed by atoms with Gasteiger partial charge in [-0.15, -0.1) is 0 Å². The summed E-state index contributed by atoms with van der Waals surface area (Å²) in [7, 11) is 0. The number of aromatic nitrogens is 1. The number of piperazine rings is 1. The van der Waals surface area contributed by atoms with Crippen LogP contribution >= 0.6 is 11.3 Å². The van der Waals surface area contributed by atoms with Crippen molar-refractivity contribution in [2.75, 3.05) is 44.3 Å². The Kier molecular flexibility index (Phi) is 5.51. The van der Waals surface area contributed by atoms with E-state index in [4.69, 9.17) is 5.11 Å². The highest BCUT2D eigenvalue weighted by Gasteiger charge is 2.49. The number of rotatable bonds is 4. The lowest BCUT2D eigenvalue weighted by molar-refractivity contribution is -0.904. The second-order valence-corrected chi connectivity index (χ2v) is 8.21. The number of aliphatic hydroxyl groups is 1. The van der Waals surface area contributed by atoms with Crippen molar-refractivity contribution >= 4 is 38.3 Å². The van der Waals surface area contributed by atoms with Crippen LogP contribution in [0.1, 0.15) is 6.92 Å². The van der Waals surface area contributed by atoms with E-state index in [1.54, 1.807) is 29.2 Å². The number of fused-ring (bicyclic) bond motifs is 1. The zero-order valence-electron chi connectivity index (χ0n) is 16.2. The number of nitrogens with one attached hydrogen (secondary N) is 1. The molecule has 1 fully saturated rings. The summed E-state index contributed by atoms with van der Waals surface area (Å²) in [5.74, 6) is -0.816. The molecular weight excluding hydrogens is 419 g/mol. The Balaban J connectivity index is 1.68. The van der Waals surface area contributed by atoms with Crippen molar-refractivity contribution in [2.24, 2.45) is 5.10 Å². The van der Waals surface area contributed by atoms with Crippen molar-refractivity contribution in [1.29, 1.82) is 0 Å². The van der Waals surface area contributed by atoms with Gasteiger partial charge in [0.2, 0.25) is 5.13 Å². The molecule has 30 heavy (non-hydrogen) atoms. The minimum atomic E-state index is -4.76. The third-order valence-corrected chi connectivity index (χ3v) is 6.36. The minimum absolute atomic E-state index is 0.0654. The van der Waals surface area contributed by atoms with Crippen LogP contribution < -0.4 is 9.91 Å². The molecule has 2 aliphatic heterocycles. The van der Waals surface area contributed by atoms with E-state index in [0.29, 0.717) is 38.2 Å². The highest BCUT2D eigenvalue weighted by molar-refractivity contribution is 7.22. The van der Waals surface area contributed by atoms with Crippen LogP contribution in [0.15, 0.2) is 40.6 Å². The number of benzene rings is 1. The van der Waals surface area contributed by atoms with Gasteiger partial charge in [-0.05, 0) is 19.1 Å². The number of allylic oxidation sites excluding steroid dienone is 1. The Labute approximate surface area is 174 Å². The minimum Gasteiger partial charge on any atom is -0.391 e. The molecule has 7 nitrogen and oxygen atoms in total. The quantitative estimate of drug-likeness (QED) is 0.697. The number of halogens is 3. The highest BCUT2D eigenvalue weighted by Crippen LogP contribution is 2.36. The number of hydrogen-bond donors (Lipinski definition) is 2. The summed E-state index contributed by atoms with van der Waals surface area (Å²) >= 11 is 1.12. The van der Waals surface area contributed by atoms with Crippen molar-refractivity contribution in [2.45, 2.75) is 13.1 Å². The van der Waals surface area contributed by atoms with E-state index in [1.807, 2.05) is 0 Å². The monoisotopic (exact) mass is 440 g/mol. The standard InChI is InChI=1S/C19H20F3N5O2S/c1-12(26-8-6-25(7-9-26)10-11-28)15-16(19(20,21)22)24-27(17(15)29)18-23-13-4-2-3-5-14(13)30-18/h2-5,28H,6-11H2,1H3/p+1/b15-12-. The lowest BCUT2D eigenvalue weighted by atomic mass is 10.1. The number of hydrogen-bond acceptors (Lipinski definition) is 6. The maximum Gasteiger partial charge on any atom is 0.436 e. The van der Waals surface area contributed by atoms with E-state index in [2.05, 4.69) is 10.1 Å². The second-order valence-electron chi connectivity index (χ2n) is 7.20. The van der Waals surface area contributed by atoms with Gasteiger partial charge in [-0.25, -0.2) is 4.98 Å². The summed E-state index contributed by atoms with van der Waals surface area (Å²) < 4.78 is 42.0. The number of quaternary nitrogens is 1. The Morgan fingerprint density at radius 3 is 2.60 bits per heavy atom. The van der Waals surface area contributed by atoms with E-state index in [-0.39, 0.29) is 17.4 Å². The average Bonchev–Trinajstić information content (AvgIpc) is 3.29. The number of carbonyl (C=O) groups excluding carboxylic acids is 1. The first-order valence-electron chi connectivity index (χ1n) is 9.56. The molecule has 0 bridgehead atoms.